The zero-order valence-corrected chi connectivity index (χ0v) is 17.0. The minimum Gasteiger partial charge on any atom is -0.345 e. The maximum atomic E-state index is 13.1. The SMILES string of the molecule is O=C(N[C@H](c1ccccc1)C1CCCCC1)c1cccc(CN2CCCC2=O)c1. The van der Waals surface area contributed by atoms with Crippen LogP contribution in [0.4, 0.5) is 0 Å². The average molecular weight is 391 g/mol. The number of hydrogen-bond acceptors (Lipinski definition) is 2. The summed E-state index contributed by atoms with van der Waals surface area (Å²) in [4.78, 5) is 26.9. The van der Waals surface area contributed by atoms with Gasteiger partial charge in [-0.3, -0.25) is 9.59 Å². The molecule has 0 radical (unpaired) electrons. The van der Waals surface area contributed by atoms with Crippen LogP contribution in [0.25, 0.3) is 0 Å². The van der Waals surface area contributed by atoms with Gasteiger partial charge in [-0.2, -0.15) is 0 Å². The molecule has 0 unspecified atom stereocenters. The lowest BCUT2D eigenvalue weighted by Crippen LogP contribution is -2.34. The Hall–Kier alpha value is -2.62. The Morgan fingerprint density at radius 3 is 2.52 bits per heavy atom. The van der Waals surface area contributed by atoms with Gasteiger partial charge < -0.3 is 10.2 Å². The molecule has 0 spiro atoms. The Bertz CT molecular complexity index is 843. The van der Waals surface area contributed by atoms with Gasteiger partial charge in [0.2, 0.25) is 5.91 Å². The van der Waals surface area contributed by atoms with Gasteiger partial charge in [0.25, 0.3) is 5.91 Å². The number of nitrogens with zero attached hydrogens (tertiary/aromatic N) is 1. The summed E-state index contributed by atoms with van der Waals surface area (Å²) in [6, 6.07) is 18.1. The number of hydrogen-bond donors (Lipinski definition) is 1. The second-order valence-corrected chi connectivity index (χ2v) is 8.38. The fourth-order valence-corrected chi connectivity index (χ4v) is 4.73. The number of rotatable bonds is 6. The molecule has 1 heterocycles. The Morgan fingerprint density at radius 2 is 1.79 bits per heavy atom. The van der Waals surface area contributed by atoms with E-state index in [1.807, 2.05) is 47.4 Å². The Morgan fingerprint density at radius 1 is 1.00 bits per heavy atom. The van der Waals surface area contributed by atoms with E-state index in [1.54, 1.807) is 0 Å². The van der Waals surface area contributed by atoms with Crippen molar-refractivity contribution in [2.75, 3.05) is 6.54 Å². The van der Waals surface area contributed by atoms with E-state index in [1.165, 1.54) is 24.8 Å². The predicted molar refractivity (Wildman–Crippen MR) is 114 cm³/mol. The first-order valence-corrected chi connectivity index (χ1v) is 10.9. The van der Waals surface area contributed by atoms with Crippen molar-refractivity contribution in [2.45, 2.75) is 57.5 Å². The highest BCUT2D eigenvalue weighted by Crippen LogP contribution is 2.34. The van der Waals surface area contributed by atoms with Crippen LogP contribution in [0.2, 0.25) is 0 Å². The summed E-state index contributed by atoms with van der Waals surface area (Å²) in [5.74, 6) is 0.667. The van der Waals surface area contributed by atoms with Gasteiger partial charge in [0.1, 0.15) is 0 Å². The van der Waals surface area contributed by atoms with E-state index in [0.29, 0.717) is 24.4 Å². The van der Waals surface area contributed by atoms with Crippen LogP contribution in [0.1, 0.15) is 72.5 Å². The molecule has 0 aromatic heterocycles. The van der Waals surface area contributed by atoms with Gasteiger partial charge in [-0.05, 0) is 48.4 Å². The summed E-state index contributed by atoms with van der Waals surface area (Å²) in [5.41, 5.74) is 2.87. The van der Waals surface area contributed by atoms with E-state index in [9.17, 15) is 9.59 Å². The second kappa shape index (κ2) is 9.25. The van der Waals surface area contributed by atoms with Crippen LogP contribution < -0.4 is 5.32 Å². The topological polar surface area (TPSA) is 49.4 Å². The summed E-state index contributed by atoms with van der Waals surface area (Å²) in [6.07, 6.45) is 7.67. The molecular weight excluding hydrogens is 360 g/mol. The van der Waals surface area contributed by atoms with Gasteiger partial charge in [0, 0.05) is 25.1 Å². The normalized spacial score (nSPS) is 18.6. The largest absolute Gasteiger partial charge is 0.345 e. The van der Waals surface area contributed by atoms with E-state index in [0.717, 1.165) is 31.4 Å². The Labute approximate surface area is 173 Å². The van der Waals surface area contributed by atoms with Crippen molar-refractivity contribution in [1.82, 2.24) is 10.2 Å². The van der Waals surface area contributed by atoms with Crippen molar-refractivity contribution in [1.29, 1.82) is 0 Å². The third kappa shape index (κ3) is 4.87. The molecule has 1 saturated carbocycles. The van der Waals surface area contributed by atoms with Crippen LogP contribution in [-0.2, 0) is 11.3 Å². The van der Waals surface area contributed by atoms with Gasteiger partial charge in [-0.25, -0.2) is 0 Å². The van der Waals surface area contributed by atoms with Crippen LogP contribution in [-0.4, -0.2) is 23.3 Å². The first kappa shape index (κ1) is 19.7. The molecule has 2 aromatic carbocycles. The highest BCUT2D eigenvalue weighted by molar-refractivity contribution is 5.94. The summed E-state index contributed by atoms with van der Waals surface area (Å²) < 4.78 is 0. The summed E-state index contributed by atoms with van der Waals surface area (Å²) in [7, 11) is 0. The minimum atomic E-state index is -0.0287. The molecule has 152 valence electrons. The molecular formula is C25H30N2O2. The second-order valence-electron chi connectivity index (χ2n) is 8.38. The van der Waals surface area contributed by atoms with Crippen LogP contribution >= 0.6 is 0 Å². The molecule has 1 saturated heterocycles. The van der Waals surface area contributed by atoms with E-state index in [4.69, 9.17) is 0 Å². The van der Waals surface area contributed by atoms with Crippen molar-refractivity contribution in [3.63, 3.8) is 0 Å². The third-order valence-corrected chi connectivity index (χ3v) is 6.30. The summed E-state index contributed by atoms with van der Waals surface area (Å²) in [6.45, 7) is 1.40. The molecule has 1 N–H and O–H groups in total. The maximum absolute atomic E-state index is 13.1. The molecule has 4 nitrogen and oxygen atoms in total. The van der Waals surface area contributed by atoms with E-state index in [2.05, 4.69) is 17.4 Å². The van der Waals surface area contributed by atoms with Gasteiger partial charge >= 0.3 is 0 Å². The van der Waals surface area contributed by atoms with Crippen molar-refractivity contribution in [3.05, 3.63) is 71.3 Å². The fraction of sp³-hybridized carbons (Fsp3) is 0.440. The van der Waals surface area contributed by atoms with Crippen molar-refractivity contribution in [3.8, 4) is 0 Å². The van der Waals surface area contributed by atoms with Crippen LogP contribution in [0, 0.1) is 5.92 Å². The number of nitrogens with one attached hydrogen (secondary N) is 1. The fourth-order valence-electron chi connectivity index (χ4n) is 4.73. The van der Waals surface area contributed by atoms with Crippen LogP contribution in [0.3, 0.4) is 0 Å². The first-order chi connectivity index (χ1) is 14.2. The van der Waals surface area contributed by atoms with E-state index < -0.39 is 0 Å². The summed E-state index contributed by atoms with van der Waals surface area (Å²) in [5, 5.41) is 3.33. The molecule has 2 fully saturated rings. The third-order valence-electron chi connectivity index (χ3n) is 6.30. The smallest absolute Gasteiger partial charge is 0.251 e. The lowest BCUT2D eigenvalue weighted by molar-refractivity contribution is -0.128. The van der Waals surface area contributed by atoms with E-state index in [-0.39, 0.29) is 17.9 Å². The zero-order valence-electron chi connectivity index (χ0n) is 17.0. The summed E-state index contributed by atoms with van der Waals surface area (Å²) >= 11 is 0. The maximum Gasteiger partial charge on any atom is 0.251 e. The molecule has 4 heteroatoms. The highest BCUT2D eigenvalue weighted by atomic mass is 16.2. The van der Waals surface area contributed by atoms with Gasteiger partial charge in [0.05, 0.1) is 6.04 Å². The highest BCUT2D eigenvalue weighted by Gasteiger charge is 2.27. The molecule has 1 aliphatic heterocycles. The van der Waals surface area contributed by atoms with Gasteiger partial charge in [0.15, 0.2) is 0 Å². The molecule has 4 rings (SSSR count). The lowest BCUT2D eigenvalue weighted by Gasteiger charge is -2.31. The van der Waals surface area contributed by atoms with E-state index >= 15 is 0 Å². The van der Waals surface area contributed by atoms with Crippen LogP contribution in [0.15, 0.2) is 54.6 Å². The molecule has 1 atom stereocenters. The molecule has 2 aliphatic rings. The molecule has 0 bridgehead atoms. The molecule has 1 aliphatic carbocycles. The number of carbonyl (C=O) groups is 2. The minimum absolute atomic E-state index is 0.0287. The van der Waals surface area contributed by atoms with Gasteiger partial charge in [-0.15, -0.1) is 0 Å². The number of likely N-dealkylation sites (tertiary alicyclic amines) is 1. The van der Waals surface area contributed by atoms with Crippen molar-refractivity contribution in [2.24, 2.45) is 5.92 Å². The average Bonchev–Trinajstić information content (AvgIpc) is 3.17. The first-order valence-electron chi connectivity index (χ1n) is 10.9. The monoisotopic (exact) mass is 390 g/mol. The van der Waals surface area contributed by atoms with Crippen molar-refractivity contribution >= 4 is 11.8 Å². The standard InChI is InChI=1S/C25H30N2O2/c28-23-15-8-16-27(23)18-19-9-7-14-22(17-19)25(29)26-24(20-10-3-1-4-11-20)21-12-5-2-6-13-21/h1,3-4,7,9-11,14,17,21,24H,2,5-6,8,12-13,15-16,18H2,(H,26,29)/t24-/m1/s1. The number of amides is 2. The molecule has 2 aromatic rings. The Balaban J connectivity index is 1.50. The molecule has 29 heavy (non-hydrogen) atoms. The quantitative estimate of drug-likeness (QED) is 0.766. The van der Waals surface area contributed by atoms with Gasteiger partial charge in [-0.1, -0.05) is 61.7 Å². The zero-order chi connectivity index (χ0) is 20.1. The number of carbonyl (C=O) groups excluding carboxylic acids is 2. The number of benzene rings is 2. The Kier molecular flexibility index (Phi) is 6.28. The van der Waals surface area contributed by atoms with Crippen molar-refractivity contribution < 1.29 is 9.59 Å². The molecule has 2 amide bonds. The van der Waals surface area contributed by atoms with Crippen LogP contribution in [0.5, 0.6) is 0 Å². The predicted octanol–water partition coefficient (Wildman–Crippen LogP) is 4.86. The lowest BCUT2D eigenvalue weighted by atomic mass is 9.81.